The van der Waals surface area contributed by atoms with Gasteiger partial charge >= 0.3 is 5.97 Å². The van der Waals surface area contributed by atoms with Crippen molar-refractivity contribution in [3.63, 3.8) is 0 Å². The van der Waals surface area contributed by atoms with Gasteiger partial charge in [0, 0.05) is 36.8 Å². The van der Waals surface area contributed by atoms with E-state index >= 15 is 4.39 Å². The quantitative estimate of drug-likeness (QED) is 0.666. The van der Waals surface area contributed by atoms with Gasteiger partial charge in [-0.1, -0.05) is 0 Å². The number of carbonyl (C=O) groups is 1. The molecule has 0 amide bonds. The fraction of sp³-hybridized carbons (Fsp3) is 0.316. The van der Waals surface area contributed by atoms with Crippen LogP contribution >= 0.6 is 0 Å². The van der Waals surface area contributed by atoms with E-state index in [9.17, 15) is 19.1 Å². The second kappa shape index (κ2) is 5.96. The average molecular weight is 388 g/mol. The van der Waals surface area contributed by atoms with Gasteiger partial charge in [-0.25, -0.2) is 18.6 Å². The highest BCUT2D eigenvalue weighted by Crippen LogP contribution is 2.35. The van der Waals surface area contributed by atoms with Crippen LogP contribution in [0.15, 0.2) is 23.1 Å². The Morgan fingerprint density at radius 2 is 2.04 bits per heavy atom. The van der Waals surface area contributed by atoms with Crippen molar-refractivity contribution in [2.45, 2.75) is 25.9 Å². The maximum atomic E-state index is 15.2. The number of halogens is 2. The molecule has 2 aromatic heterocycles. The largest absolute Gasteiger partial charge is 0.477 e. The van der Waals surface area contributed by atoms with Crippen molar-refractivity contribution in [3.05, 3.63) is 45.8 Å². The minimum atomic E-state index is -1.37. The van der Waals surface area contributed by atoms with E-state index in [-0.39, 0.29) is 27.6 Å². The Balaban J connectivity index is 2.02. The van der Waals surface area contributed by atoms with Gasteiger partial charge in [-0.2, -0.15) is 0 Å². The molecule has 28 heavy (non-hydrogen) atoms. The smallest absolute Gasteiger partial charge is 0.341 e. The van der Waals surface area contributed by atoms with Gasteiger partial charge < -0.3 is 20.3 Å². The van der Waals surface area contributed by atoms with Crippen molar-refractivity contribution in [1.29, 1.82) is 0 Å². The van der Waals surface area contributed by atoms with E-state index in [0.29, 0.717) is 19.6 Å². The summed E-state index contributed by atoms with van der Waals surface area (Å²) < 4.78 is 31.2. The molecule has 1 aromatic carbocycles. The lowest BCUT2D eigenvalue weighted by Gasteiger charge is -2.47. The Bertz CT molecular complexity index is 1210. The van der Waals surface area contributed by atoms with E-state index < -0.39 is 34.1 Å². The van der Waals surface area contributed by atoms with Crippen molar-refractivity contribution in [2.24, 2.45) is 5.73 Å². The number of nitrogens with two attached hydrogens (primary N) is 1. The Labute approximate surface area is 158 Å². The van der Waals surface area contributed by atoms with Crippen LogP contribution < -0.4 is 16.1 Å². The first-order valence-corrected chi connectivity index (χ1v) is 8.76. The molecule has 1 saturated heterocycles. The van der Waals surface area contributed by atoms with Gasteiger partial charge in [0.15, 0.2) is 5.82 Å². The molecule has 3 aromatic rings. The van der Waals surface area contributed by atoms with Gasteiger partial charge in [0.05, 0.1) is 5.39 Å². The maximum Gasteiger partial charge on any atom is 0.341 e. The molecule has 7 nitrogen and oxygen atoms in total. The number of carboxylic acid groups (broad SMARTS) is 1. The molecule has 0 bridgehead atoms. The molecule has 1 fully saturated rings. The fourth-order valence-corrected chi connectivity index (χ4v) is 3.70. The van der Waals surface area contributed by atoms with E-state index in [1.165, 1.54) is 21.7 Å². The van der Waals surface area contributed by atoms with Crippen molar-refractivity contribution in [1.82, 2.24) is 9.55 Å². The average Bonchev–Trinajstić information content (AvgIpc) is 2.59. The normalized spacial score (nSPS) is 15.8. The number of hydrogen-bond acceptors (Lipinski definition) is 5. The Morgan fingerprint density at radius 3 is 2.61 bits per heavy atom. The first-order valence-electron chi connectivity index (χ1n) is 8.76. The van der Waals surface area contributed by atoms with Crippen LogP contribution in [-0.4, -0.2) is 39.3 Å². The number of pyridine rings is 2. The van der Waals surface area contributed by atoms with Gasteiger partial charge in [-0.15, -0.1) is 0 Å². The summed E-state index contributed by atoms with van der Waals surface area (Å²) in [5.41, 5.74) is 4.13. The Morgan fingerprint density at radius 1 is 1.36 bits per heavy atom. The van der Waals surface area contributed by atoms with Gasteiger partial charge in [0.2, 0.25) is 5.43 Å². The summed E-state index contributed by atoms with van der Waals surface area (Å²) >= 11 is 0. The molecule has 0 aliphatic carbocycles. The van der Waals surface area contributed by atoms with Crippen LogP contribution in [0.2, 0.25) is 0 Å². The molecule has 1 aliphatic rings. The zero-order valence-electron chi connectivity index (χ0n) is 15.3. The maximum absolute atomic E-state index is 15.2. The number of hydrogen-bond donors (Lipinski definition) is 2. The molecule has 0 atom stereocenters. The molecular formula is C19H18F2N4O3. The summed E-state index contributed by atoms with van der Waals surface area (Å²) in [6.07, 6.45) is 1.18. The van der Waals surface area contributed by atoms with Gasteiger partial charge in [-0.05, 0) is 26.0 Å². The predicted molar refractivity (Wildman–Crippen MR) is 101 cm³/mol. The van der Waals surface area contributed by atoms with Crippen LogP contribution in [0.5, 0.6) is 0 Å². The highest BCUT2D eigenvalue weighted by Gasteiger charge is 2.38. The van der Waals surface area contributed by atoms with Crippen LogP contribution in [0.3, 0.4) is 0 Å². The first-order chi connectivity index (χ1) is 13.1. The SMILES string of the molecule is CCn1cc(C(=O)O)c(=O)c2cc3cc(F)c(N4CC(C)(N)C4)c(F)c3nc21. The lowest BCUT2D eigenvalue weighted by molar-refractivity contribution is 0.0695. The number of fused-ring (bicyclic) bond motifs is 2. The Kier molecular flexibility index (Phi) is 3.90. The Hall–Kier alpha value is -3.07. The lowest BCUT2D eigenvalue weighted by Crippen LogP contribution is -2.66. The van der Waals surface area contributed by atoms with Crippen LogP contribution in [0.1, 0.15) is 24.2 Å². The van der Waals surface area contributed by atoms with Crippen molar-refractivity contribution < 1.29 is 18.7 Å². The van der Waals surface area contributed by atoms with Crippen LogP contribution in [0, 0.1) is 11.6 Å². The molecule has 4 rings (SSSR count). The molecular weight excluding hydrogens is 370 g/mol. The van der Waals surface area contributed by atoms with E-state index in [2.05, 4.69) is 4.98 Å². The van der Waals surface area contributed by atoms with E-state index in [1.807, 2.05) is 0 Å². The van der Waals surface area contributed by atoms with E-state index in [4.69, 9.17) is 5.73 Å². The number of aromatic nitrogens is 2. The zero-order valence-corrected chi connectivity index (χ0v) is 15.3. The topological polar surface area (TPSA) is 101 Å². The molecule has 0 unspecified atom stereocenters. The summed E-state index contributed by atoms with van der Waals surface area (Å²) in [7, 11) is 0. The highest BCUT2D eigenvalue weighted by atomic mass is 19.1. The summed E-state index contributed by atoms with van der Waals surface area (Å²) in [5.74, 6) is -2.99. The molecule has 1 aliphatic heterocycles. The summed E-state index contributed by atoms with van der Waals surface area (Å²) in [6.45, 7) is 4.48. The number of carboxylic acids is 1. The molecule has 3 heterocycles. The first kappa shape index (κ1) is 18.3. The van der Waals surface area contributed by atoms with Crippen molar-refractivity contribution >= 4 is 33.6 Å². The number of aryl methyl sites for hydroxylation is 1. The second-order valence-corrected chi connectivity index (χ2v) is 7.43. The minimum absolute atomic E-state index is 0.000663. The van der Waals surface area contributed by atoms with E-state index in [1.54, 1.807) is 13.8 Å². The van der Waals surface area contributed by atoms with Crippen LogP contribution in [-0.2, 0) is 6.54 Å². The number of benzene rings is 1. The molecule has 3 N–H and O–H groups in total. The third-order valence-corrected chi connectivity index (χ3v) is 4.99. The van der Waals surface area contributed by atoms with Crippen LogP contribution in [0.25, 0.3) is 21.9 Å². The van der Waals surface area contributed by atoms with E-state index in [0.717, 1.165) is 6.07 Å². The monoisotopic (exact) mass is 388 g/mol. The van der Waals surface area contributed by atoms with Gasteiger partial charge in [-0.3, -0.25) is 4.79 Å². The van der Waals surface area contributed by atoms with Gasteiger partial charge in [0.1, 0.15) is 28.2 Å². The molecule has 0 spiro atoms. The second-order valence-electron chi connectivity index (χ2n) is 7.43. The van der Waals surface area contributed by atoms with Crippen molar-refractivity contribution in [3.8, 4) is 0 Å². The number of anilines is 1. The zero-order chi connectivity index (χ0) is 20.4. The summed E-state index contributed by atoms with van der Waals surface area (Å²) in [6, 6.07) is 2.40. The lowest BCUT2D eigenvalue weighted by atomic mass is 9.92. The summed E-state index contributed by atoms with van der Waals surface area (Å²) in [5, 5.41) is 9.34. The molecule has 146 valence electrons. The molecule has 0 saturated carbocycles. The highest BCUT2D eigenvalue weighted by molar-refractivity contribution is 5.97. The van der Waals surface area contributed by atoms with Crippen LogP contribution in [0.4, 0.5) is 14.5 Å². The summed E-state index contributed by atoms with van der Waals surface area (Å²) in [4.78, 5) is 29.6. The molecule has 0 radical (unpaired) electrons. The standard InChI is InChI=1S/C19H18F2N4O3/c1-3-24-6-11(18(27)28)16(26)10-4-9-5-12(20)15(25-7-19(2,22)8-25)13(21)14(9)23-17(10)24/h4-6H,3,7-8,22H2,1-2H3,(H,27,28). The number of aromatic carboxylic acids is 1. The van der Waals surface area contributed by atoms with Gasteiger partial charge in [0.25, 0.3) is 0 Å². The third kappa shape index (κ3) is 2.62. The van der Waals surface area contributed by atoms with Crippen molar-refractivity contribution in [2.75, 3.05) is 18.0 Å². The third-order valence-electron chi connectivity index (χ3n) is 4.99. The number of nitrogens with zero attached hydrogens (tertiary/aromatic N) is 3. The minimum Gasteiger partial charge on any atom is -0.477 e. The predicted octanol–water partition coefficient (Wildman–Crippen LogP) is 2.08. The fourth-order valence-electron chi connectivity index (χ4n) is 3.70. The number of rotatable bonds is 3. The molecule has 9 heteroatoms.